The summed E-state index contributed by atoms with van der Waals surface area (Å²) in [4.78, 5) is 9.41. The van der Waals surface area contributed by atoms with Gasteiger partial charge in [-0.1, -0.05) is 6.92 Å². The molecule has 0 spiro atoms. The van der Waals surface area contributed by atoms with Crippen molar-refractivity contribution in [3.8, 4) is 11.5 Å². The summed E-state index contributed by atoms with van der Waals surface area (Å²) in [5.74, 6) is 3.11. The third kappa shape index (κ3) is 7.94. The summed E-state index contributed by atoms with van der Waals surface area (Å²) in [7, 11) is 3.71. The monoisotopic (exact) mass is 392 g/mol. The molecule has 1 aromatic carbocycles. The number of hydrogen-bond acceptors (Lipinski definition) is 5. The first-order valence-electron chi connectivity index (χ1n) is 10.2. The maximum Gasteiger partial charge on any atom is 0.193 e. The molecule has 1 aromatic rings. The zero-order valence-corrected chi connectivity index (χ0v) is 17.8. The molecule has 1 aliphatic rings. The lowest BCUT2D eigenvalue weighted by Gasteiger charge is -2.29. The highest BCUT2D eigenvalue weighted by molar-refractivity contribution is 5.79. The summed E-state index contributed by atoms with van der Waals surface area (Å²) in [5, 5.41) is 3.38. The van der Waals surface area contributed by atoms with E-state index in [1.165, 1.54) is 0 Å². The summed E-state index contributed by atoms with van der Waals surface area (Å²) in [5.41, 5.74) is 0. The molecule has 158 valence electrons. The van der Waals surface area contributed by atoms with E-state index in [-0.39, 0.29) is 0 Å². The Labute approximate surface area is 169 Å². The fourth-order valence-corrected chi connectivity index (χ4v) is 3.07. The second kappa shape index (κ2) is 12.5. The lowest BCUT2D eigenvalue weighted by Crippen LogP contribution is -2.42. The third-order valence-corrected chi connectivity index (χ3v) is 4.68. The average Bonchev–Trinajstić information content (AvgIpc) is 2.72. The number of methoxy groups -OCH3 is 1. The summed E-state index contributed by atoms with van der Waals surface area (Å²) in [6, 6.07) is 7.65. The van der Waals surface area contributed by atoms with Crippen molar-refractivity contribution in [2.75, 3.05) is 73.2 Å². The molecule has 0 saturated carbocycles. The molecule has 7 nitrogen and oxygen atoms in total. The molecule has 2 rings (SSSR count). The van der Waals surface area contributed by atoms with Crippen LogP contribution in [0, 0.1) is 5.92 Å². The van der Waals surface area contributed by atoms with Crippen LogP contribution < -0.4 is 14.8 Å². The lowest BCUT2D eigenvalue weighted by molar-refractivity contribution is 0.0323. The first-order valence-corrected chi connectivity index (χ1v) is 10.2. The standard InChI is InChI=1S/C21H36N4O3/c1-5-22-21(23-16-18(2)17-25-11-13-27-14-12-25)24(3)10-15-28-20-8-6-19(26-4)7-9-20/h6-9,18H,5,10-17H2,1-4H3,(H,22,23). The number of hydrogen-bond donors (Lipinski definition) is 1. The van der Waals surface area contributed by atoms with E-state index >= 15 is 0 Å². The number of ether oxygens (including phenoxy) is 3. The molecule has 0 radical (unpaired) electrons. The van der Waals surface area contributed by atoms with E-state index in [2.05, 4.69) is 29.0 Å². The molecule has 1 saturated heterocycles. The lowest BCUT2D eigenvalue weighted by atomic mass is 10.1. The van der Waals surface area contributed by atoms with Crippen molar-refractivity contribution in [2.45, 2.75) is 13.8 Å². The van der Waals surface area contributed by atoms with E-state index in [1.807, 2.05) is 31.3 Å². The summed E-state index contributed by atoms with van der Waals surface area (Å²) < 4.78 is 16.4. The molecule has 0 bridgehead atoms. The zero-order valence-electron chi connectivity index (χ0n) is 17.8. The molecule has 1 atom stereocenters. The summed E-state index contributed by atoms with van der Waals surface area (Å²) >= 11 is 0. The molecular formula is C21H36N4O3. The Hall–Kier alpha value is -1.99. The highest BCUT2D eigenvalue weighted by atomic mass is 16.5. The second-order valence-corrected chi connectivity index (χ2v) is 7.16. The number of benzene rings is 1. The number of nitrogens with one attached hydrogen (secondary N) is 1. The van der Waals surface area contributed by atoms with Crippen LogP contribution in [0.15, 0.2) is 29.3 Å². The fraction of sp³-hybridized carbons (Fsp3) is 0.667. The van der Waals surface area contributed by atoms with Gasteiger partial charge in [0.15, 0.2) is 5.96 Å². The first-order chi connectivity index (χ1) is 13.6. The van der Waals surface area contributed by atoms with Gasteiger partial charge in [-0.3, -0.25) is 9.89 Å². The Morgan fingerprint density at radius 3 is 2.57 bits per heavy atom. The third-order valence-electron chi connectivity index (χ3n) is 4.68. The Morgan fingerprint density at radius 2 is 1.93 bits per heavy atom. The van der Waals surface area contributed by atoms with Crippen LogP contribution in [-0.2, 0) is 4.74 Å². The van der Waals surface area contributed by atoms with E-state index in [4.69, 9.17) is 19.2 Å². The van der Waals surface area contributed by atoms with Crippen LogP contribution >= 0.6 is 0 Å². The minimum absolute atomic E-state index is 0.510. The van der Waals surface area contributed by atoms with Gasteiger partial charge in [0.1, 0.15) is 18.1 Å². The second-order valence-electron chi connectivity index (χ2n) is 7.16. The number of guanidine groups is 1. The molecule has 1 N–H and O–H groups in total. The predicted octanol–water partition coefficient (Wildman–Crippen LogP) is 1.94. The molecule has 0 aliphatic carbocycles. The van der Waals surface area contributed by atoms with E-state index < -0.39 is 0 Å². The van der Waals surface area contributed by atoms with Gasteiger partial charge in [0.05, 0.1) is 26.9 Å². The van der Waals surface area contributed by atoms with Crippen LogP contribution in [0.4, 0.5) is 0 Å². The maximum atomic E-state index is 5.83. The molecule has 0 amide bonds. The first kappa shape index (κ1) is 22.3. The summed E-state index contributed by atoms with van der Waals surface area (Å²) in [6.07, 6.45) is 0. The Bertz CT molecular complexity index is 574. The molecule has 1 unspecified atom stereocenters. The van der Waals surface area contributed by atoms with Gasteiger partial charge in [-0.25, -0.2) is 0 Å². The van der Waals surface area contributed by atoms with Crippen molar-refractivity contribution >= 4 is 5.96 Å². The Morgan fingerprint density at radius 1 is 1.25 bits per heavy atom. The van der Waals surface area contributed by atoms with Crippen molar-refractivity contribution in [2.24, 2.45) is 10.9 Å². The Balaban J connectivity index is 1.76. The molecule has 28 heavy (non-hydrogen) atoms. The number of morpholine rings is 1. The molecule has 1 aliphatic heterocycles. The van der Waals surface area contributed by atoms with Gasteiger partial charge >= 0.3 is 0 Å². The minimum atomic E-state index is 0.510. The van der Waals surface area contributed by atoms with Crippen molar-refractivity contribution in [1.82, 2.24) is 15.1 Å². The molecular weight excluding hydrogens is 356 g/mol. The van der Waals surface area contributed by atoms with Crippen LogP contribution in [-0.4, -0.2) is 89.0 Å². The minimum Gasteiger partial charge on any atom is -0.497 e. The average molecular weight is 393 g/mol. The van der Waals surface area contributed by atoms with Crippen molar-refractivity contribution < 1.29 is 14.2 Å². The van der Waals surface area contributed by atoms with Gasteiger partial charge in [-0.15, -0.1) is 0 Å². The molecule has 7 heteroatoms. The Kier molecular flexibility index (Phi) is 9.93. The predicted molar refractivity (Wildman–Crippen MR) is 114 cm³/mol. The van der Waals surface area contributed by atoms with Crippen molar-refractivity contribution in [3.05, 3.63) is 24.3 Å². The van der Waals surface area contributed by atoms with Crippen LogP contribution in [0.25, 0.3) is 0 Å². The highest BCUT2D eigenvalue weighted by Gasteiger charge is 2.14. The quantitative estimate of drug-likeness (QED) is 0.485. The van der Waals surface area contributed by atoms with E-state index in [0.717, 1.165) is 69.9 Å². The fourth-order valence-electron chi connectivity index (χ4n) is 3.07. The summed E-state index contributed by atoms with van der Waals surface area (Å²) in [6.45, 7) is 12.2. The van der Waals surface area contributed by atoms with Crippen LogP contribution in [0.3, 0.4) is 0 Å². The van der Waals surface area contributed by atoms with Crippen LogP contribution in [0.1, 0.15) is 13.8 Å². The largest absolute Gasteiger partial charge is 0.497 e. The topological polar surface area (TPSA) is 58.6 Å². The van der Waals surface area contributed by atoms with E-state index in [0.29, 0.717) is 12.5 Å². The van der Waals surface area contributed by atoms with Gasteiger partial charge in [0, 0.05) is 39.8 Å². The number of nitrogens with zero attached hydrogens (tertiary/aromatic N) is 3. The highest BCUT2D eigenvalue weighted by Crippen LogP contribution is 2.16. The van der Waals surface area contributed by atoms with E-state index in [1.54, 1.807) is 7.11 Å². The van der Waals surface area contributed by atoms with Gasteiger partial charge in [-0.05, 0) is 37.1 Å². The van der Waals surface area contributed by atoms with Crippen molar-refractivity contribution in [1.29, 1.82) is 0 Å². The van der Waals surface area contributed by atoms with E-state index in [9.17, 15) is 0 Å². The SMILES string of the molecule is CCNC(=NCC(C)CN1CCOCC1)N(C)CCOc1ccc(OC)cc1. The van der Waals surface area contributed by atoms with Gasteiger partial charge in [0.25, 0.3) is 0 Å². The number of likely N-dealkylation sites (N-methyl/N-ethyl adjacent to an activating group) is 1. The zero-order chi connectivity index (χ0) is 20.2. The molecule has 1 heterocycles. The smallest absolute Gasteiger partial charge is 0.193 e. The van der Waals surface area contributed by atoms with Gasteiger partial charge < -0.3 is 24.4 Å². The van der Waals surface area contributed by atoms with Gasteiger partial charge in [0.2, 0.25) is 0 Å². The molecule has 1 fully saturated rings. The van der Waals surface area contributed by atoms with Crippen molar-refractivity contribution in [3.63, 3.8) is 0 Å². The molecule has 0 aromatic heterocycles. The van der Waals surface area contributed by atoms with Crippen LogP contribution in [0.5, 0.6) is 11.5 Å². The van der Waals surface area contributed by atoms with Gasteiger partial charge in [-0.2, -0.15) is 0 Å². The number of aliphatic imine (C=N–C) groups is 1. The number of rotatable bonds is 10. The maximum absolute atomic E-state index is 5.83. The normalized spacial score (nSPS) is 16.5. The van der Waals surface area contributed by atoms with Crippen LogP contribution in [0.2, 0.25) is 0 Å².